The molecule has 0 unspecified atom stereocenters. The summed E-state index contributed by atoms with van der Waals surface area (Å²) in [6.07, 6.45) is 3.29. The molecule has 102 valence electrons. The first-order valence-electron chi connectivity index (χ1n) is 7.09. The lowest BCUT2D eigenvalue weighted by Gasteiger charge is -2.19. The molecule has 0 bridgehead atoms. The molecule has 3 nitrogen and oxygen atoms in total. The number of hydrogen-bond donors (Lipinski definition) is 0. The molecule has 1 aliphatic rings. The van der Waals surface area contributed by atoms with Gasteiger partial charge in [0.25, 0.3) is 5.56 Å². The molecule has 21 heavy (non-hydrogen) atoms. The number of rotatable bonds is 1. The highest BCUT2D eigenvalue weighted by molar-refractivity contribution is 5.69. The Hall–Kier alpha value is -2.68. The van der Waals surface area contributed by atoms with Crippen molar-refractivity contribution >= 4 is 0 Å². The molecule has 4 rings (SSSR count). The molecule has 0 N–H and O–H groups in total. The van der Waals surface area contributed by atoms with Crippen molar-refractivity contribution in [1.82, 2.24) is 9.55 Å². The van der Waals surface area contributed by atoms with E-state index in [9.17, 15) is 4.79 Å². The summed E-state index contributed by atoms with van der Waals surface area (Å²) in [6, 6.07) is 17.8. The molecular weight excluding hydrogens is 260 g/mol. The molecular formula is C18H14N2O. The predicted molar refractivity (Wildman–Crippen MR) is 82.7 cm³/mol. The summed E-state index contributed by atoms with van der Waals surface area (Å²) >= 11 is 0. The second-order valence-electron chi connectivity index (χ2n) is 5.24. The van der Waals surface area contributed by atoms with Crippen LogP contribution >= 0.6 is 0 Å². The van der Waals surface area contributed by atoms with Crippen molar-refractivity contribution in [2.24, 2.45) is 0 Å². The lowest BCUT2D eigenvalue weighted by molar-refractivity contribution is 0.843. The normalized spacial score (nSPS) is 12.6. The lowest BCUT2D eigenvalue weighted by atomic mass is 9.90. The monoisotopic (exact) mass is 274 g/mol. The number of hydrogen-bond acceptors (Lipinski definition) is 2. The molecule has 0 aliphatic heterocycles. The fourth-order valence-corrected chi connectivity index (χ4v) is 2.95. The van der Waals surface area contributed by atoms with E-state index >= 15 is 0 Å². The number of aryl methyl sites for hydroxylation is 1. The van der Waals surface area contributed by atoms with Gasteiger partial charge in [0.1, 0.15) is 6.33 Å². The largest absolute Gasteiger partial charge is 0.269 e. The quantitative estimate of drug-likeness (QED) is 0.683. The third-order valence-corrected chi connectivity index (χ3v) is 4.02. The minimum Gasteiger partial charge on any atom is -0.269 e. The predicted octanol–water partition coefficient (Wildman–Crippen LogP) is 3.00. The molecule has 0 fully saturated rings. The van der Waals surface area contributed by atoms with Crippen LogP contribution in [0.5, 0.6) is 0 Å². The van der Waals surface area contributed by atoms with E-state index in [1.807, 2.05) is 48.5 Å². The van der Waals surface area contributed by atoms with E-state index in [0.29, 0.717) is 0 Å². The zero-order valence-corrected chi connectivity index (χ0v) is 11.5. The minimum atomic E-state index is 0.0423. The Balaban J connectivity index is 1.94. The highest BCUT2D eigenvalue weighted by atomic mass is 16.1. The van der Waals surface area contributed by atoms with E-state index in [4.69, 9.17) is 0 Å². The van der Waals surface area contributed by atoms with Gasteiger partial charge in [0.2, 0.25) is 0 Å². The van der Waals surface area contributed by atoms with Crippen LogP contribution in [0, 0.1) is 0 Å². The average molecular weight is 274 g/mol. The second kappa shape index (κ2) is 4.70. The van der Waals surface area contributed by atoms with E-state index in [1.54, 1.807) is 10.9 Å². The fraction of sp³-hybridized carbons (Fsp3) is 0.111. The summed E-state index contributed by atoms with van der Waals surface area (Å²) in [7, 11) is 0. The number of aromatic nitrogens is 2. The van der Waals surface area contributed by atoms with Crippen molar-refractivity contribution in [2.75, 3.05) is 0 Å². The van der Waals surface area contributed by atoms with Crippen LogP contribution in [0.3, 0.4) is 0 Å². The zero-order valence-electron chi connectivity index (χ0n) is 11.5. The van der Waals surface area contributed by atoms with Gasteiger partial charge in [0.05, 0.1) is 11.4 Å². The maximum atomic E-state index is 12.7. The lowest BCUT2D eigenvalue weighted by Crippen LogP contribution is -2.26. The summed E-state index contributed by atoms with van der Waals surface area (Å²) in [5, 5.41) is 0. The van der Waals surface area contributed by atoms with Crippen LogP contribution in [-0.2, 0) is 12.8 Å². The molecule has 1 aromatic heterocycles. The van der Waals surface area contributed by atoms with Crippen LogP contribution in [0.15, 0.2) is 65.7 Å². The van der Waals surface area contributed by atoms with Gasteiger partial charge in [0, 0.05) is 11.1 Å². The van der Waals surface area contributed by atoms with Crippen LogP contribution < -0.4 is 5.56 Å². The Morgan fingerprint density at radius 1 is 0.905 bits per heavy atom. The van der Waals surface area contributed by atoms with Crippen LogP contribution in [0.4, 0.5) is 0 Å². The SMILES string of the molecule is O=c1c2c(ncn1-c1ccccc1)-c1ccccc1CC2. The van der Waals surface area contributed by atoms with Crippen molar-refractivity contribution < 1.29 is 0 Å². The van der Waals surface area contributed by atoms with Crippen LogP contribution in [0.25, 0.3) is 16.9 Å². The molecule has 1 heterocycles. The Kier molecular flexibility index (Phi) is 2.71. The number of nitrogens with zero attached hydrogens (tertiary/aromatic N) is 2. The van der Waals surface area contributed by atoms with E-state index in [1.165, 1.54) is 5.56 Å². The number of para-hydroxylation sites is 1. The zero-order chi connectivity index (χ0) is 14.2. The fourth-order valence-electron chi connectivity index (χ4n) is 2.95. The first-order chi connectivity index (χ1) is 10.3. The topological polar surface area (TPSA) is 34.9 Å². The summed E-state index contributed by atoms with van der Waals surface area (Å²) in [5.41, 5.74) is 4.93. The molecule has 0 amide bonds. The van der Waals surface area contributed by atoms with Gasteiger partial charge < -0.3 is 0 Å². The van der Waals surface area contributed by atoms with Gasteiger partial charge in [-0.3, -0.25) is 9.36 Å². The van der Waals surface area contributed by atoms with Crippen molar-refractivity contribution in [3.8, 4) is 16.9 Å². The average Bonchev–Trinajstić information content (AvgIpc) is 2.56. The highest BCUT2D eigenvalue weighted by Crippen LogP contribution is 2.29. The second-order valence-corrected chi connectivity index (χ2v) is 5.24. The van der Waals surface area contributed by atoms with E-state index in [0.717, 1.165) is 35.3 Å². The molecule has 1 aliphatic carbocycles. The van der Waals surface area contributed by atoms with Crippen molar-refractivity contribution in [1.29, 1.82) is 0 Å². The van der Waals surface area contributed by atoms with Crippen molar-refractivity contribution in [3.05, 3.63) is 82.4 Å². The minimum absolute atomic E-state index is 0.0423. The smallest absolute Gasteiger partial charge is 0.261 e. The van der Waals surface area contributed by atoms with Gasteiger partial charge in [-0.2, -0.15) is 0 Å². The van der Waals surface area contributed by atoms with Crippen LogP contribution in [0.2, 0.25) is 0 Å². The van der Waals surface area contributed by atoms with Crippen LogP contribution in [-0.4, -0.2) is 9.55 Å². The standard InChI is InChI=1S/C18H14N2O/c21-18-16-11-10-13-6-4-5-9-15(13)17(16)19-12-20(18)14-7-2-1-3-8-14/h1-9,12H,10-11H2. The molecule has 3 heteroatoms. The van der Waals surface area contributed by atoms with Crippen LogP contribution in [0.1, 0.15) is 11.1 Å². The maximum absolute atomic E-state index is 12.7. The van der Waals surface area contributed by atoms with E-state index in [-0.39, 0.29) is 5.56 Å². The van der Waals surface area contributed by atoms with Gasteiger partial charge in [-0.25, -0.2) is 4.98 Å². The molecule has 0 radical (unpaired) electrons. The summed E-state index contributed by atoms with van der Waals surface area (Å²) < 4.78 is 1.63. The Morgan fingerprint density at radius 2 is 1.67 bits per heavy atom. The van der Waals surface area contributed by atoms with E-state index < -0.39 is 0 Å². The molecule has 0 spiro atoms. The summed E-state index contributed by atoms with van der Waals surface area (Å²) in [4.78, 5) is 17.3. The van der Waals surface area contributed by atoms with Gasteiger partial charge in [-0.1, -0.05) is 42.5 Å². The summed E-state index contributed by atoms with van der Waals surface area (Å²) in [6.45, 7) is 0. The Labute approximate surface area is 122 Å². The third kappa shape index (κ3) is 1.89. The highest BCUT2D eigenvalue weighted by Gasteiger charge is 2.20. The van der Waals surface area contributed by atoms with Gasteiger partial charge in [-0.15, -0.1) is 0 Å². The first kappa shape index (κ1) is 12.1. The summed E-state index contributed by atoms with van der Waals surface area (Å²) in [5.74, 6) is 0. The van der Waals surface area contributed by atoms with Crippen molar-refractivity contribution in [3.63, 3.8) is 0 Å². The molecule has 3 aromatic rings. The van der Waals surface area contributed by atoms with Gasteiger partial charge in [0.15, 0.2) is 0 Å². The van der Waals surface area contributed by atoms with Crippen molar-refractivity contribution in [2.45, 2.75) is 12.8 Å². The number of benzene rings is 2. The molecule has 0 saturated carbocycles. The first-order valence-corrected chi connectivity index (χ1v) is 7.09. The third-order valence-electron chi connectivity index (χ3n) is 4.02. The maximum Gasteiger partial charge on any atom is 0.261 e. The molecule has 0 atom stereocenters. The Morgan fingerprint density at radius 3 is 2.52 bits per heavy atom. The Bertz CT molecular complexity index is 866. The van der Waals surface area contributed by atoms with E-state index in [2.05, 4.69) is 11.1 Å². The molecule has 2 aromatic carbocycles. The van der Waals surface area contributed by atoms with Gasteiger partial charge >= 0.3 is 0 Å². The number of fused-ring (bicyclic) bond motifs is 3. The van der Waals surface area contributed by atoms with Gasteiger partial charge in [-0.05, 0) is 30.5 Å². The molecule has 0 saturated heterocycles.